The molecule has 7 aromatic rings. The zero-order chi connectivity index (χ0) is 80.0. The van der Waals surface area contributed by atoms with Crippen LogP contribution < -0.4 is 59.3 Å². The minimum atomic E-state index is -1.70. The fourth-order valence-electron chi connectivity index (χ4n) is 13.6. The highest BCUT2D eigenvalue weighted by Crippen LogP contribution is 2.26. The highest BCUT2D eigenvalue weighted by Gasteiger charge is 2.42. The number of likely N-dealkylation sites (tertiary alicyclic amines) is 1. The minimum Gasteiger partial charge on any atom is -0.508 e. The molecule has 0 bridgehead atoms. The number of aliphatic carboxylic acids is 2. The summed E-state index contributed by atoms with van der Waals surface area (Å²) in [7, 11) is 0. The number of carboxylic acids is 2. The number of aromatic amines is 3. The maximum Gasteiger partial charge on any atom is 0.326 e. The number of aromatic hydroxyl groups is 1. The zero-order valence-electron chi connectivity index (χ0n) is 63.0. The van der Waals surface area contributed by atoms with Crippen LogP contribution in [-0.4, -0.2) is 197 Å². The summed E-state index contributed by atoms with van der Waals surface area (Å²) < 4.78 is 0. The largest absolute Gasteiger partial charge is 0.508 e. The average Bonchev–Trinajstić information content (AvgIpc) is 1.61. The number of phenolic OH excluding ortho intramolecular Hbond substituents is 1. The summed E-state index contributed by atoms with van der Waals surface area (Å²) in [6.07, 6.45) is 3.75. The molecule has 0 saturated carbocycles. The smallest absolute Gasteiger partial charge is 0.326 e. The summed E-state index contributed by atoms with van der Waals surface area (Å²) in [6.45, 7) is 11.9. The number of hydrogen-bond acceptors (Lipinski definition) is 16. The molecule has 8 rings (SSSR count). The van der Waals surface area contributed by atoms with Crippen molar-refractivity contribution < 1.29 is 78.0 Å². The van der Waals surface area contributed by atoms with Gasteiger partial charge in [-0.1, -0.05) is 115 Å². The van der Waals surface area contributed by atoms with E-state index in [1.54, 1.807) is 52.4 Å². The van der Waals surface area contributed by atoms with E-state index < -0.39 is 162 Å². The molecule has 1 fully saturated rings. The molecule has 4 heterocycles. The Morgan fingerprint density at radius 3 is 1.42 bits per heavy atom. The van der Waals surface area contributed by atoms with Crippen molar-refractivity contribution in [1.29, 1.82) is 0 Å². The number of unbranched alkanes of at least 4 members (excludes halogenated alkanes) is 1. The SMILES string of the molecule is CC[C@H](C)[C@H](NC(=O)[C@H](Cc1ccc(O)cc1)NC(=O)[C@@H](NC(=O)[C@@H](N)CCC(=O)O)[C@@H](C)O)C(=O)N[C@@H](CCCCN)C(=O)N1CCC[C@H]1C(=O)N[C@@H](Cc1c[nH]c2ccccc12)C(=O)N[C@@H](Cc1c[nH]c2ccccc12)C(=O)N[C@H](C(=O)N[C@@H](Cc1c[nH]c2ccccc12)C(=O)N[C@@H](CC(C)C)C(=O)O)C(C)C. The molecule has 592 valence electrons. The van der Waals surface area contributed by atoms with Crippen molar-refractivity contribution >= 4 is 104 Å². The third-order valence-electron chi connectivity index (χ3n) is 20.0. The average molecular weight is 1520 g/mol. The molecule has 31 heteroatoms. The van der Waals surface area contributed by atoms with Crippen molar-refractivity contribution in [2.75, 3.05) is 13.1 Å². The number of aliphatic hydroxyl groups is 1. The van der Waals surface area contributed by atoms with Crippen LogP contribution in [0.5, 0.6) is 5.75 Å². The summed E-state index contributed by atoms with van der Waals surface area (Å²) in [4.78, 5) is 182. The number of aliphatic hydroxyl groups excluding tert-OH is 1. The van der Waals surface area contributed by atoms with Gasteiger partial charge in [0.2, 0.25) is 59.1 Å². The molecular formula is C79H105N15O16. The first-order valence-corrected chi connectivity index (χ1v) is 37.5. The number of H-pyrrole nitrogens is 3. The Hall–Kier alpha value is -11.2. The third kappa shape index (κ3) is 22.9. The Kier molecular flexibility index (Phi) is 30.5. The Morgan fingerprint density at radius 2 is 0.945 bits per heavy atom. The number of nitrogens with two attached hydrogens (primary N) is 2. The topological polar surface area (TPSA) is 497 Å². The number of rotatable bonds is 41. The number of aromatic nitrogens is 3. The molecule has 20 N–H and O–H groups in total. The van der Waals surface area contributed by atoms with Crippen LogP contribution >= 0.6 is 0 Å². The molecule has 110 heavy (non-hydrogen) atoms. The van der Waals surface area contributed by atoms with E-state index in [1.165, 1.54) is 36.1 Å². The minimum absolute atomic E-state index is 0.0249. The first-order chi connectivity index (χ1) is 52.4. The molecule has 1 saturated heterocycles. The van der Waals surface area contributed by atoms with Crippen molar-refractivity contribution in [3.05, 3.63) is 138 Å². The number of nitrogens with one attached hydrogen (secondary N) is 12. The molecule has 3 aromatic heterocycles. The normalized spacial score (nSPS) is 16.2. The van der Waals surface area contributed by atoms with Gasteiger partial charge in [-0.3, -0.25) is 52.7 Å². The first kappa shape index (κ1) is 84.4. The van der Waals surface area contributed by atoms with Crippen LogP contribution in [-0.2, 0) is 83.2 Å². The monoisotopic (exact) mass is 1520 g/mol. The molecule has 1 aliphatic rings. The van der Waals surface area contributed by atoms with Gasteiger partial charge in [-0.15, -0.1) is 0 Å². The zero-order valence-corrected chi connectivity index (χ0v) is 63.0. The van der Waals surface area contributed by atoms with E-state index in [9.17, 15) is 53.7 Å². The second-order valence-corrected chi connectivity index (χ2v) is 29.2. The summed E-state index contributed by atoms with van der Waals surface area (Å²) in [6, 6.07) is 12.2. The molecule has 13 atom stereocenters. The van der Waals surface area contributed by atoms with Crippen molar-refractivity contribution in [1.82, 2.24) is 67.7 Å². The second-order valence-electron chi connectivity index (χ2n) is 29.2. The summed E-state index contributed by atoms with van der Waals surface area (Å²) in [5, 5.41) is 67.0. The number of benzene rings is 4. The highest BCUT2D eigenvalue weighted by atomic mass is 16.4. The van der Waals surface area contributed by atoms with Crippen LogP contribution in [0, 0.1) is 17.8 Å². The number of para-hydroxylation sites is 3. The Balaban J connectivity index is 1.05. The van der Waals surface area contributed by atoms with Crippen molar-refractivity contribution in [3.63, 3.8) is 0 Å². The van der Waals surface area contributed by atoms with E-state index in [0.29, 0.717) is 47.9 Å². The first-order valence-electron chi connectivity index (χ1n) is 37.5. The van der Waals surface area contributed by atoms with E-state index >= 15 is 19.2 Å². The van der Waals surface area contributed by atoms with Crippen LogP contribution in [0.15, 0.2) is 116 Å². The van der Waals surface area contributed by atoms with Gasteiger partial charge in [0.15, 0.2) is 0 Å². The molecule has 0 aliphatic carbocycles. The molecule has 31 nitrogen and oxygen atoms in total. The van der Waals surface area contributed by atoms with Crippen molar-refractivity contribution in [2.45, 2.75) is 205 Å². The van der Waals surface area contributed by atoms with E-state index in [-0.39, 0.29) is 76.1 Å². The number of carbonyl (C=O) groups excluding carboxylic acids is 10. The van der Waals surface area contributed by atoms with Crippen LogP contribution in [0.4, 0.5) is 0 Å². The van der Waals surface area contributed by atoms with E-state index in [2.05, 4.69) is 62.8 Å². The van der Waals surface area contributed by atoms with Gasteiger partial charge in [0.25, 0.3) is 0 Å². The van der Waals surface area contributed by atoms with Crippen LogP contribution in [0.3, 0.4) is 0 Å². The standard InChI is InChI=1S/C79H105N15O16/c1-8-44(6)67(92-72(102)59(35-46-26-28-50(96)29-27-46)88-77(107)68(45(7)95)93-69(99)54(81)30-31-65(97)98)76(106)85-58(24-15-16-32-80)78(108)94-33-17-25-64(94)74(104)87-60(36-47-39-82-55-21-12-9-18-51(47)55)70(100)86-62(38-49-41-84-57-23-14-11-20-53(49)57)73(103)91-66(43(4)5)75(105)89-61(71(101)90-63(79(109)110)34-42(2)3)37-48-40-83-56-22-13-10-19-52(48)56/h9-14,18-23,26-29,39-45,54,58-64,66-68,82-84,95-96H,8,15-17,24-25,30-38,80-81H2,1-7H3,(H,85,106)(H,86,100)(H,87,104)(H,88,107)(H,89,105)(H,90,101)(H,91,103)(H,92,102)(H,93,99)(H,97,98)(H,109,110)/t44-,45+,54-,58-,59-,60-,61-,62-,63-,64-,66-,67-,68-/m0/s1. The molecule has 0 spiro atoms. The summed E-state index contributed by atoms with van der Waals surface area (Å²) in [5.41, 5.74) is 16.3. The fraction of sp³-hybridized carbons (Fsp3) is 0.468. The van der Waals surface area contributed by atoms with E-state index in [4.69, 9.17) is 16.6 Å². The number of carbonyl (C=O) groups is 12. The quantitative estimate of drug-likeness (QED) is 0.0245. The van der Waals surface area contributed by atoms with Gasteiger partial charge in [-0.05, 0) is 129 Å². The number of hydrogen-bond donors (Lipinski definition) is 18. The molecule has 1 aliphatic heterocycles. The Bertz CT molecular complexity index is 4380. The second kappa shape index (κ2) is 39.8. The van der Waals surface area contributed by atoms with Gasteiger partial charge in [0.1, 0.15) is 66.2 Å². The molecule has 10 amide bonds. The lowest BCUT2D eigenvalue weighted by Crippen LogP contribution is -2.62. The molecule has 0 radical (unpaired) electrons. The van der Waals surface area contributed by atoms with Gasteiger partial charge < -0.3 is 99.6 Å². The lowest BCUT2D eigenvalue weighted by Gasteiger charge is -2.32. The van der Waals surface area contributed by atoms with Crippen LogP contribution in [0.1, 0.15) is 129 Å². The van der Waals surface area contributed by atoms with Gasteiger partial charge >= 0.3 is 11.9 Å². The van der Waals surface area contributed by atoms with Crippen LogP contribution in [0.25, 0.3) is 32.7 Å². The molecule has 0 unspecified atom stereocenters. The predicted molar refractivity (Wildman–Crippen MR) is 411 cm³/mol. The maximum atomic E-state index is 15.5. The Labute approximate surface area is 637 Å². The lowest BCUT2D eigenvalue weighted by atomic mass is 9.96. The maximum absolute atomic E-state index is 15.5. The number of phenols is 1. The number of fused-ring (bicyclic) bond motifs is 3. The van der Waals surface area contributed by atoms with Gasteiger partial charge in [-0.25, -0.2) is 4.79 Å². The predicted octanol–water partition coefficient (Wildman–Crippen LogP) is 3.00. The highest BCUT2D eigenvalue weighted by molar-refractivity contribution is 6.00. The van der Waals surface area contributed by atoms with Gasteiger partial charge in [0.05, 0.1) is 12.1 Å². The third-order valence-corrected chi connectivity index (χ3v) is 20.0. The van der Waals surface area contributed by atoms with E-state index in [1.807, 2.05) is 80.6 Å². The van der Waals surface area contributed by atoms with E-state index in [0.717, 1.165) is 32.7 Å². The number of nitrogens with zero attached hydrogens (tertiary/aromatic N) is 1. The van der Waals surface area contributed by atoms with Gasteiger partial charge in [0, 0.05) is 89.9 Å². The summed E-state index contributed by atoms with van der Waals surface area (Å²) in [5.74, 6) is -12.3. The summed E-state index contributed by atoms with van der Waals surface area (Å²) >= 11 is 0. The van der Waals surface area contributed by atoms with Crippen molar-refractivity contribution in [3.8, 4) is 5.75 Å². The number of amides is 10. The van der Waals surface area contributed by atoms with Crippen LogP contribution in [0.2, 0.25) is 0 Å². The Morgan fingerprint density at radius 1 is 0.509 bits per heavy atom. The molecular weight excluding hydrogens is 1410 g/mol. The molecule has 4 aromatic carbocycles. The van der Waals surface area contributed by atoms with Crippen molar-refractivity contribution in [2.24, 2.45) is 29.2 Å². The fourth-order valence-corrected chi connectivity index (χ4v) is 13.6. The number of carboxylic acid groups (broad SMARTS) is 2. The van der Waals surface area contributed by atoms with Gasteiger partial charge in [-0.2, -0.15) is 0 Å². The lowest BCUT2D eigenvalue weighted by molar-refractivity contribution is -0.143.